The quantitative estimate of drug-likeness (QED) is 0.579. The SMILES string of the molecule is Cc1ccc(CNC(=S)NC(c2ccccc2)c2ccccc2)cc1Cl. The van der Waals surface area contributed by atoms with Gasteiger partial charge in [0.1, 0.15) is 0 Å². The van der Waals surface area contributed by atoms with Crippen molar-refractivity contribution in [1.29, 1.82) is 0 Å². The number of aryl methyl sites for hydroxylation is 1. The summed E-state index contributed by atoms with van der Waals surface area (Å²) in [6.07, 6.45) is 0. The molecule has 0 bridgehead atoms. The normalized spacial score (nSPS) is 10.6. The van der Waals surface area contributed by atoms with Gasteiger partial charge in [-0.1, -0.05) is 84.4 Å². The molecule has 0 unspecified atom stereocenters. The highest BCUT2D eigenvalue weighted by atomic mass is 35.5. The van der Waals surface area contributed by atoms with Gasteiger partial charge in [0, 0.05) is 11.6 Å². The van der Waals surface area contributed by atoms with Crippen molar-refractivity contribution >= 4 is 28.9 Å². The molecule has 0 saturated carbocycles. The van der Waals surface area contributed by atoms with Crippen molar-refractivity contribution in [3.8, 4) is 0 Å². The third kappa shape index (κ3) is 4.84. The molecule has 0 heterocycles. The summed E-state index contributed by atoms with van der Waals surface area (Å²) in [5.41, 5.74) is 4.51. The molecule has 3 rings (SSSR count). The summed E-state index contributed by atoms with van der Waals surface area (Å²) in [6, 6.07) is 26.7. The minimum absolute atomic E-state index is 0.000921. The van der Waals surface area contributed by atoms with Crippen molar-refractivity contribution in [1.82, 2.24) is 10.6 Å². The van der Waals surface area contributed by atoms with Crippen LogP contribution in [0.15, 0.2) is 78.9 Å². The zero-order chi connectivity index (χ0) is 18.4. The maximum atomic E-state index is 6.20. The number of halogens is 1. The lowest BCUT2D eigenvalue weighted by Gasteiger charge is -2.22. The molecule has 0 radical (unpaired) electrons. The smallest absolute Gasteiger partial charge is 0.167 e. The molecular formula is C22H21ClN2S. The van der Waals surface area contributed by atoms with E-state index in [2.05, 4.69) is 41.0 Å². The fraction of sp³-hybridized carbons (Fsp3) is 0.136. The summed E-state index contributed by atoms with van der Waals surface area (Å²) in [4.78, 5) is 0. The van der Waals surface area contributed by atoms with Gasteiger partial charge in [0.05, 0.1) is 6.04 Å². The Bertz CT molecular complexity index is 826. The Hall–Kier alpha value is -2.36. The molecule has 3 aromatic carbocycles. The van der Waals surface area contributed by atoms with Crippen molar-refractivity contribution in [2.24, 2.45) is 0 Å². The fourth-order valence-corrected chi connectivity index (χ4v) is 3.15. The van der Waals surface area contributed by atoms with E-state index in [0.29, 0.717) is 11.7 Å². The monoisotopic (exact) mass is 380 g/mol. The third-order valence-electron chi connectivity index (χ3n) is 4.23. The van der Waals surface area contributed by atoms with E-state index in [4.69, 9.17) is 23.8 Å². The standard InChI is InChI=1S/C22H21ClN2S/c1-16-12-13-17(14-20(16)23)15-24-22(26)25-21(18-8-4-2-5-9-18)19-10-6-3-7-11-19/h2-14,21H,15H2,1H3,(H2,24,25,26). The molecule has 4 heteroatoms. The molecule has 0 aliphatic carbocycles. The Morgan fingerprint density at radius 1 is 0.923 bits per heavy atom. The summed E-state index contributed by atoms with van der Waals surface area (Å²) in [5.74, 6) is 0. The van der Waals surface area contributed by atoms with Gasteiger partial charge in [0.15, 0.2) is 5.11 Å². The molecule has 26 heavy (non-hydrogen) atoms. The van der Waals surface area contributed by atoms with Crippen LogP contribution in [0.5, 0.6) is 0 Å². The zero-order valence-corrected chi connectivity index (χ0v) is 16.1. The van der Waals surface area contributed by atoms with Gasteiger partial charge in [0.2, 0.25) is 0 Å². The zero-order valence-electron chi connectivity index (χ0n) is 14.6. The predicted octanol–water partition coefficient (Wildman–Crippen LogP) is 5.40. The van der Waals surface area contributed by atoms with Crippen LogP contribution in [-0.4, -0.2) is 5.11 Å². The van der Waals surface area contributed by atoms with Gasteiger partial charge >= 0.3 is 0 Å². The van der Waals surface area contributed by atoms with Gasteiger partial charge in [0.25, 0.3) is 0 Å². The van der Waals surface area contributed by atoms with Crippen molar-refractivity contribution in [2.45, 2.75) is 19.5 Å². The Kier molecular flexibility index (Phi) is 6.26. The van der Waals surface area contributed by atoms with Gasteiger partial charge in [-0.2, -0.15) is 0 Å². The second-order valence-corrected chi connectivity index (χ2v) is 6.98. The van der Waals surface area contributed by atoms with E-state index >= 15 is 0 Å². The molecule has 0 aromatic heterocycles. The molecular weight excluding hydrogens is 360 g/mol. The summed E-state index contributed by atoms with van der Waals surface area (Å²) >= 11 is 11.7. The number of nitrogens with one attached hydrogen (secondary N) is 2. The first-order valence-corrected chi connectivity index (χ1v) is 9.31. The number of rotatable bonds is 5. The van der Waals surface area contributed by atoms with E-state index in [1.54, 1.807) is 0 Å². The predicted molar refractivity (Wildman–Crippen MR) is 113 cm³/mol. The number of benzene rings is 3. The van der Waals surface area contributed by atoms with Crippen LogP contribution >= 0.6 is 23.8 Å². The van der Waals surface area contributed by atoms with Gasteiger partial charge in [-0.15, -0.1) is 0 Å². The average molecular weight is 381 g/mol. The topological polar surface area (TPSA) is 24.1 Å². The van der Waals surface area contributed by atoms with Gasteiger partial charge in [-0.25, -0.2) is 0 Å². The molecule has 0 amide bonds. The molecule has 0 aliphatic heterocycles. The van der Waals surface area contributed by atoms with Crippen molar-refractivity contribution < 1.29 is 0 Å². The van der Waals surface area contributed by atoms with Crippen LogP contribution in [0.1, 0.15) is 28.3 Å². The molecule has 2 nitrogen and oxygen atoms in total. The highest BCUT2D eigenvalue weighted by Gasteiger charge is 2.14. The van der Waals surface area contributed by atoms with Crippen molar-refractivity contribution in [3.63, 3.8) is 0 Å². The Balaban J connectivity index is 1.70. The summed E-state index contributed by atoms with van der Waals surface area (Å²) < 4.78 is 0. The van der Waals surface area contributed by atoms with E-state index in [9.17, 15) is 0 Å². The molecule has 0 aliphatic rings. The largest absolute Gasteiger partial charge is 0.359 e. The highest BCUT2D eigenvalue weighted by molar-refractivity contribution is 7.80. The van der Waals surface area contributed by atoms with E-state index in [1.165, 1.54) is 11.1 Å². The fourth-order valence-electron chi connectivity index (χ4n) is 2.76. The van der Waals surface area contributed by atoms with Crippen LogP contribution in [0.3, 0.4) is 0 Å². The molecule has 0 fully saturated rings. The first-order valence-electron chi connectivity index (χ1n) is 8.53. The van der Waals surface area contributed by atoms with Crippen LogP contribution in [0.2, 0.25) is 5.02 Å². The van der Waals surface area contributed by atoms with Gasteiger partial charge in [-0.3, -0.25) is 0 Å². The van der Waals surface area contributed by atoms with Gasteiger partial charge < -0.3 is 10.6 Å². The molecule has 0 spiro atoms. The third-order valence-corrected chi connectivity index (χ3v) is 4.90. The molecule has 0 atom stereocenters. The lowest BCUT2D eigenvalue weighted by atomic mass is 9.99. The van der Waals surface area contributed by atoms with E-state index in [0.717, 1.165) is 16.1 Å². The second kappa shape index (κ2) is 8.84. The van der Waals surface area contributed by atoms with Gasteiger partial charge in [-0.05, 0) is 47.5 Å². The molecule has 3 aromatic rings. The van der Waals surface area contributed by atoms with E-state index in [1.807, 2.05) is 55.5 Å². The molecule has 132 valence electrons. The second-order valence-electron chi connectivity index (χ2n) is 6.16. The van der Waals surface area contributed by atoms with Crippen molar-refractivity contribution in [2.75, 3.05) is 0 Å². The minimum Gasteiger partial charge on any atom is -0.359 e. The first-order chi connectivity index (χ1) is 12.6. The Labute approximate surface area is 165 Å². The van der Waals surface area contributed by atoms with Crippen molar-refractivity contribution in [3.05, 3.63) is 106 Å². The summed E-state index contributed by atoms with van der Waals surface area (Å²) in [6.45, 7) is 2.62. The van der Waals surface area contributed by atoms with Crippen LogP contribution < -0.4 is 10.6 Å². The van der Waals surface area contributed by atoms with Crippen LogP contribution in [0, 0.1) is 6.92 Å². The first kappa shape index (κ1) is 18.4. The Morgan fingerprint density at radius 2 is 1.50 bits per heavy atom. The lowest BCUT2D eigenvalue weighted by Crippen LogP contribution is -2.37. The average Bonchev–Trinajstić information content (AvgIpc) is 2.68. The summed E-state index contributed by atoms with van der Waals surface area (Å²) in [5, 5.41) is 8.09. The number of hydrogen-bond donors (Lipinski definition) is 2. The van der Waals surface area contributed by atoms with Crippen LogP contribution in [0.25, 0.3) is 0 Å². The molecule has 0 saturated heterocycles. The summed E-state index contributed by atoms with van der Waals surface area (Å²) in [7, 11) is 0. The maximum absolute atomic E-state index is 6.20. The van der Waals surface area contributed by atoms with E-state index < -0.39 is 0 Å². The minimum atomic E-state index is -0.000921. The molecule has 2 N–H and O–H groups in total. The lowest BCUT2D eigenvalue weighted by molar-refractivity contribution is 0.736. The number of hydrogen-bond acceptors (Lipinski definition) is 1. The Morgan fingerprint density at radius 3 is 2.04 bits per heavy atom. The number of thiocarbonyl (C=S) groups is 1. The van der Waals surface area contributed by atoms with Crippen LogP contribution in [0.4, 0.5) is 0 Å². The van der Waals surface area contributed by atoms with Crippen LogP contribution in [-0.2, 0) is 6.54 Å². The highest BCUT2D eigenvalue weighted by Crippen LogP contribution is 2.21. The maximum Gasteiger partial charge on any atom is 0.167 e. The van der Waals surface area contributed by atoms with E-state index in [-0.39, 0.29) is 6.04 Å².